The second kappa shape index (κ2) is 5.45. The number of benzene rings is 2. The Kier molecular flexibility index (Phi) is 3.43. The number of halogens is 2. The maximum Gasteiger partial charge on any atom is 0.0862 e. The first-order chi connectivity index (χ1) is 10.7. The molecule has 0 aliphatic carbocycles. The minimum absolute atomic E-state index is 0.921. The van der Waals surface area contributed by atoms with E-state index in [9.17, 15) is 0 Å². The minimum Gasteiger partial charge on any atom is -0.256 e. The topological polar surface area (TPSA) is 25.8 Å². The van der Waals surface area contributed by atoms with Crippen molar-refractivity contribution in [3.63, 3.8) is 0 Å². The van der Waals surface area contributed by atoms with Gasteiger partial charge in [0.05, 0.1) is 16.7 Å². The van der Waals surface area contributed by atoms with E-state index in [1.165, 1.54) is 0 Å². The summed E-state index contributed by atoms with van der Waals surface area (Å²) in [6.07, 6.45) is 1.88. The third-order valence-electron chi connectivity index (χ3n) is 3.64. The van der Waals surface area contributed by atoms with Gasteiger partial charge in [-0.05, 0) is 52.3 Å². The van der Waals surface area contributed by atoms with E-state index in [0.29, 0.717) is 0 Å². The van der Waals surface area contributed by atoms with Gasteiger partial charge in [-0.15, -0.1) is 0 Å². The van der Waals surface area contributed by atoms with Gasteiger partial charge in [-0.25, -0.2) is 4.98 Å². The zero-order chi connectivity index (χ0) is 15.1. The van der Waals surface area contributed by atoms with Crippen molar-refractivity contribution < 1.29 is 0 Å². The largest absolute Gasteiger partial charge is 0.256 e. The highest BCUT2D eigenvalue weighted by molar-refractivity contribution is 9.11. The molecule has 2 nitrogen and oxygen atoms in total. The number of fused-ring (bicyclic) bond motifs is 2. The Labute approximate surface area is 144 Å². The predicted octanol–water partition coefficient (Wildman–Crippen LogP) is 5.98. The fourth-order valence-electron chi connectivity index (χ4n) is 2.52. The number of rotatable bonds is 1. The normalized spacial score (nSPS) is 11.2. The van der Waals surface area contributed by atoms with Gasteiger partial charge < -0.3 is 0 Å². The number of nitrogens with zero attached hydrogens (tertiary/aromatic N) is 2. The lowest BCUT2D eigenvalue weighted by molar-refractivity contribution is 1.35. The third kappa shape index (κ3) is 2.32. The van der Waals surface area contributed by atoms with Crippen molar-refractivity contribution >= 4 is 53.7 Å². The molecule has 0 aliphatic heterocycles. The van der Waals surface area contributed by atoms with Crippen LogP contribution in [0.5, 0.6) is 0 Å². The summed E-state index contributed by atoms with van der Waals surface area (Å²) in [6, 6.07) is 18.4. The Balaban J connectivity index is 1.94. The van der Waals surface area contributed by atoms with Gasteiger partial charge in [0, 0.05) is 31.5 Å². The average Bonchev–Trinajstić information content (AvgIpc) is 2.57. The molecule has 2 heterocycles. The lowest BCUT2D eigenvalue weighted by Crippen LogP contribution is -1.89. The molecule has 2 aromatic carbocycles. The highest BCUT2D eigenvalue weighted by atomic mass is 79.9. The summed E-state index contributed by atoms with van der Waals surface area (Å²) >= 11 is 7.15. The van der Waals surface area contributed by atoms with Crippen LogP contribution in [-0.2, 0) is 0 Å². The van der Waals surface area contributed by atoms with Crippen LogP contribution >= 0.6 is 31.9 Å². The van der Waals surface area contributed by atoms with Crippen LogP contribution in [0.3, 0.4) is 0 Å². The fraction of sp³-hybridized carbons (Fsp3) is 0. The Hall–Kier alpha value is -1.78. The molecule has 0 aliphatic rings. The number of aromatic nitrogens is 2. The molecule has 22 heavy (non-hydrogen) atoms. The highest BCUT2D eigenvalue weighted by Gasteiger charge is 2.08. The summed E-state index contributed by atoms with van der Waals surface area (Å²) in [6.45, 7) is 0. The maximum atomic E-state index is 4.80. The standard InChI is InChI=1S/C18H10Br2N2/c19-14-6-7-15(20)18-13(14)5-8-17(22-18)12-9-11-3-1-2-4-16(11)21-10-12/h1-10H. The van der Waals surface area contributed by atoms with Gasteiger partial charge in [-0.3, -0.25) is 4.98 Å². The van der Waals surface area contributed by atoms with Crippen LogP contribution in [0.2, 0.25) is 0 Å². The summed E-state index contributed by atoms with van der Waals surface area (Å²) in [5.41, 5.74) is 3.88. The Morgan fingerprint density at radius 3 is 2.55 bits per heavy atom. The SMILES string of the molecule is Brc1ccc(Br)c2nc(-c3cnc4ccccc4c3)ccc12. The molecule has 4 heteroatoms. The van der Waals surface area contributed by atoms with Gasteiger partial charge in [0.1, 0.15) is 0 Å². The van der Waals surface area contributed by atoms with Crippen molar-refractivity contribution in [1.82, 2.24) is 9.97 Å². The van der Waals surface area contributed by atoms with Crippen molar-refractivity contribution in [1.29, 1.82) is 0 Å². The molecule has 2 aromatic heterocycles. The zero-order valence-electron chi connectivity index (χ0n) is 11.4. The van der Waals surface area contributed by atoms with Gasteiger partial charge in [-0.2, -0.15) is 0 Å². The summed E-state index contributed by atoms with van der Waals surface area (Å²) < 4.78 is 2.03. The second-order valence-corrected chi connectivity index (χ2v) is 6.75. The highest BCUT2D eigenvalue weighted by Crippen LogP contribution is 2.31. The molecule has 0 bridgehead atoms. The summed E-state index contributed by atoms with van der Waals surface area (Å²) in [5, 5.41) is 2.21. The van der Waals surface area contributed by atoms with E-state index in [2.05, 4.69) is 55.0 Å². The van der Waals surface area contributed by atoms with Crippen molar-refractivity contribution in [3.8, 4) is 11.3 Å². The molecular formula is C18H10Br2N2. The molecule has 0 N–H and O–H groups in total. The van der Waals surface area contributed by atoms with Gasteiger partial charge in [-0.1, -0.05) is 34.1 Å². The monoisotopic (exact) mass is 412 g/mol. The van der Waals surface area contributed by atoms with Crippen LogP contribution in [0.4, 0.5) is 0 Å². The van der Waals surface area contributed by atoms with E-state index in [4.69, 9.17) is 4.98 Å². The molecule has 106 valence electrons. The quantitative estimate of drug-likeness (QED) is 0.383. The lowest BCUT2D eigenvalue weighted by Gasteiger charge is -2.07. The Morgan fingerprint density at radius 1 is 0.818 bits per heavy atom. The van der Waals surface area contributed by atoms with Crippen LogP contribution in [0, 0.1) is 0 Å². The second-order valence-electron chi connectivity index (χ2n) is 5.04. The molecular weight excluding hydrogens is 404 g/mol. The van der Waals surface area contributed by atoms with Crippen molar-refractivity contribution in [2.24, 2.45) is 0 Å². The van der Waals surface area contributed by atoms with E-state index < -0.39 is 0 Å². The Bertz CT molecular complexity index is 1010. The minimum atomic E-state index is 0.921. The van der Waals surface area contributed by atoms with E-state index >= 15 is 0 Å². The van der Waals surface area contributed by atoms with Crippen LogP contribution in [0.25, 0.3) is 33.1 Å². The fourth-order valence-corrected chi connectivity index (χ4v) is 3.41. The first-order valence-corrected chi connectivity index (χ1v) is 8.41. The summed E-state index contributed by atoms with van der Waals surface area (Å²) in [5.74, 6) is 0. The summed E-state index contributed by atoms with van der Waals surface area (Å²) in [7, 11) is 0. The molecule has 4 rings (SSSR count). The third-order valence-corrected chi connectivity index (χ3v) is 4.97. The van der Waals surface area contributed by atoms with Crippen molar-refractivity contribution in [2.45, 2.75) is 0 Å². The van der Waals surface area contributed by atoms with E-state index in [-0.39, 0.29) is 0 Å². The van der Waals surface area contributed by atoms with E-state index in [1.54, 1.807) is 0 Å². The molecule has 0 spiro atoms. The molecule has 0 saturated carbocycles. The van der Waals surface area contributed by atoms with Gasteiger partial charge >= 0.3 is 0 Å². The maximum absolute atomic E-state index is 4.80. The predicted molar refractivity (Wildman–Crippen MR) is 97.9 cm³/mol. The van der Waals surface area contributed by atoms with Gasteiger partial charge in [0.2, 0.25) is 0 Å². The molecule has 0 unspecified atom stereocenters. The number of hydrogen-bond acceptors (Lipinski definition) is 2. The van der Waals surface area contributed by atoms with Crippen molar-refractivity contribution in [2.75, 3.05) is 0 Å². The van der Waals surface area contributed by atoms with Crippen LogP contribution in [0.1, 0.15) is 0 Å². The number of para-hydroxylation sites is 1. The number of hydrogen-bond donors (Lipinski definition) is 0. The van der Waals surface area contributed by atoms with Gasteiger partial charge in [0.25, 0.3) is 0 Å². The zero-order valence-corrected chi connectivity index (χ0v) is 14.6. The number of pyridine rings is 2. The molecule has 4 aromatic rings. The van der Waals surface area contributed by atoms with Gasteiger partial charge in [0.15, 0.2) is 0 Å². The van der Waals surface area contributed by atoms with E-state index in [1.807, 2.05) is 42.6 Å². The summed E-state index contributed by atoms with van der Waals surface area (Å²) in [4.78, 5) is 9.31. The smallest absolute Gasteiger partial charge is 0.0862 e. The lowest BCUT2D eigenvalue weighted by atomic mass is 10.1. The average molecular weight is 414 g/mol. The Morgan fingerprint density at radius 2 is 1.64 bits per heavy atom. The van der Waals surface area contributed by atoms with Crippen LogP contribution in [0.15, 0.2) is 69.7 Å². The first kappa shape index (κ1) is 13.9. The molecule has 0 amide bonds. The molecule has 0 fully saturated rings. The molecule has 0 radical (unpaired) electrons. The van der Waals surface area contributed by atoms with Crippen LogP contribution < -0.4 is 0 Å². The van der Waals surface area contributed by atoms with Crippen LogP contribution in [-0.4, -0.2) is 9.97 Å². The van der Waals surface area contributed by atoms with Crippen molar-refractivity contribution in [3.05, 3.63) is 69.7 Å². The van der Waals surface area contributed by atoms with E-state index in [0.717, 1.165) is 42.0 Å². The first-order valence-electron chi connectivity index (χ1n) is 6.82. The molecule has 0 atom stereocenters. The molecule has 0 saturated heterocycles.